The predicted octanol–water partition coefficient (Wildman–Crippen LogP) is 1.94. The molecule has 1 aliphatic heterocycles. The van der Waals surface area contributed by atoms with E-state index in [0.717, 1.165) is 16.6 Å². The van der Waals surface area contributed by atoms with E-state index >= 15 is 0 Å². The van der Waals surface area contributed by atoms with Gasteiger partial charge in [-0.3, -0.25) is 16.0 Å². The van der Waals surface area contributed by atoms with Crippen LogP contribution in [0.2, 0.25) is 0 Å². The van der Waals surface area contributed by atoms with Gasteiger partial charge in [-0.15, -0.1) is 0 Å². The third kappa shape index (κ3) is 3.80. The van der Waals surface area contributed by atoms with Crippen molar-refractivity contribution in [2.45, 2.75) is 38.8 Å². The zero-order valence-electron chi connectivity index (χ0n) is 13.5. The monoisotopic (exact) mass is 373 g/mol. The minimum Gasteiger partial charge on any atom is -0.444 e. The number of nitrogens with two attached hydrogens (primary N) is 1. The summed E-state index contributed by atoms with van der Waals surface area (Å²) in [6.45, 7) is 6.90. The Balaban J connectivity index is 2.07. The molecule has 1 aromatic rings. The highest BCUT2D eigenvalue weighted by molar-refractivity contribution is 9.10. The summed E-state index contributed by atoms with van der Waals surface area (Å²) < 4.78 is 8.14. The number of carbonyl (C=O) groups excluding carboxylic acids is 1. The number of nitrogens with zero attached hydrogens (tertiary/aromatic N) is 3. The smallest absolute Gasteiger partial charge is 0.410 e. The fourth-order valence-electron chi connectivity index (χ4n) is 2.76. The third-order valence-electron chi connectivity index (χ3n) is 3.76. The number of hydrazine groups is 1. The van der Waals surface area contributed by atoms with Crippen molar-refractivity contribution in [1.29, 1.82) is 0 Å². The first-order chi connectivity index (χ1) is 10.2. The molecule has 0 aliphatic carbocycles. The fourth-order valence-corrected chi connectivity index (χ4v) is 3.35. The molecule has 0 radical (unpaired) electrons. The SMILES string of the molecule is Cn1ncc(Br)c1C(NN)C1CCN(C(=O)OC(C)(C)C)C1. The first-order valence-electron chi connectivity index (χ1n) is 7.34. The summed E-state index contributed by atoms with van der Waals surface area (Å²) in [6, 6.07) is -0.0747. The number of aromatic nitrogens is 2. The summed E-state index contributed by atoms with van der Waals surface area (Å²) in [5.41, 5.74) is 3.37. The first kappa shape index (κ1) is 17.2. The summed E-state index contributed by atoms with van der Waals surface area (Å²) in [5, 5.41) is 4.23. The van der Waals surface area contributed by atoms with Crippen LogP contribution in [0.4, 0.5) is 4.79 Å². The van der Waals surface area contributed by atoms with Gasteiger partial charge >= 0.3 is 6.09 Å². The Hall–Kier alpha value is -1.12. The molecule has 1 aliphatic rings. The van der Waals surface area contributed by atoms with Gasteiger partial charge in [-0.05, 0) is 43.1 Å². The van der Waals surface area contributed by atoms with E-state index in [9.17, 15) is 4.79 Å². The number of hydrogen-bond acceptors (Lipinski definition) is 5. The number of rotatable bonds is 3. The lowest BCUT2D eigenvalue weighted by Crippen LogP contribution is -2.38. The molecular weight excluding hydrogens is 350 g/mol. The van der Waals surface area contributed by atoms with Gasteiger partial charge < -0.3 is 9.64 Å². The molecule has 1 amide bonds. The molecule has 1 fully saturated rings. The van der Waals surface area contributed by atoms with Gasteiger partial charge in [0.15, 0.2) is 0 Å². The Morgan fingerprint density at radius 1 is 1.59 bits per heavy atom. The van der Waals surface area contributed by atoms with Gasteiger partial charge in [0.1, 0.15) is 5.60 Å². The van der Waals surface area contributed by atoms with Gasteiger partial charge in [0.2, 0.25) is 0 Å². The number of hydrogen-bond donors (Lipinski definition) is 2. The van der Waals surface area contributed by atoms with Crippen LogP contribution in [-0.2, 0) is 11.8 Å². The Bertz CT molecular complexity index is 520. The maximum absolute atomic E-state index is 12.2. The van der Waals surface area contributed by atoms with E-state index in [1.807, 2.05) is 27.8 Å². The average Bonchev–Trinajstić information content (AvgIpc) is 3.00. The molecule has 7 nitrogen and oxygen atoms in total. The summed E-state index contributed by atoms with van der Waals surface area (Å²) in [4.78, 5) is 13.9. The van der Waals surface area contributed by atoms with Gasteiger partial charge in [-0.1, -0.05) is 0 Å². The van der Waals surface area contributed by atoms with Crippen molar-refractivity contribution in [3.05, 3.63) is 16.4 Å². The minimum atomic E-state index is -0.480. The number of amides is 1. The van der Waals surface area contributed by atoms with E-state index in [4.69, 9.17) is 10.6 Å². The second kappa shape index (κ2) is 6.55. The van der Waals surface area contributed by atoms with Crippen molar-refractivity contribution in [1.82, 2.24) is 20.1 Å². The van der Waals surface area contributed by atoms with Crippen LogP contribution in [-0.4, -0.2) is 39.5 Å². The van der Waals surface area contributed by atoms with Crippen molar-refractivity contribution >= 4 is 22.0 Å². The lowest BCUT2D eigenvalue weighted by atomic mass is 9.96. The zero-order chi connectivity index (χ0) is 16.5. The number of carbonyl (C=O) groups is 1. The number of halogens is 1. The van der Waals surface area contributed by atoms with Crippen LogP contribution < -0.4 is 11.3 Å². The summed E-state index contributed by atoms with van der Waals surface area (Å²) in [7, 11) is 1.88. The van der Waals surface area contributed by atoms with E-state index in [0.29, 0.717) is 13.1 Å². The van der Waals surface area contributed by atoms with Crippen LogP contribution in [0, 0.1) is 5.92 Å². The van der Waals surface area contributed by atoms with Crippen molar-refractivity contribution in [3.8, 4) is 0 Å². The molecule has 0 spiro atoms. The zero-order valence-corrected chi connectivity index (χ0v) is 15.1. The Kier molecular flexibility index (Phi) is 5.14. The third-order valence-corrected chi connectivity index (χ3v) is 4.37. The molecule has 3 N–H and O–H groups in total. The summed E-state index contributed by atoms with van der Waals surface area (Å²) in [6.07, 6.45) is 2.35. The first-order valence-corrected chi connectivity index (χ1v) is 8.13. The standard InChI is InChI=1S/C14H24BrN5O2/c1-14(2,3)22-13(21)20-6-5-9(8-20)11(18-16)12-10(15)7-17-19(12)4/h7,9,11,18H,5-6,8,16H2,1-4H3. The van der Waals surface area contributed by atoms with Crippen LogP contribution >= 0.6 is 15.9 Å². The van der Waals surface area contributed by atoms with Crippen molar-refractivity contribution in [2.24, 2.45) is 18.8 Å². The van der Waals surface area contributed by atoms with Gasteiger partial charge in [0.25, 0.3) is 0 Å². The van der Waals surface area contributed by atoms with E-state index in [1.165, 1.54) is 0 Å². The van der Waals surface area contributed by atoms with Crippen molar-refractivity contribution in [2.75, 3.05) is 13.1 Å². The molecule has 124 valence electrons. The number of ether oxygens (including phenoxy) is 1. The van der Waals surface area contributed by atoms with Crippen molar-refractivity contribution < 1.29 is 9.53 Å². The van der Waals surface area contributed by atoms with Crippen LogP contribution in [0.3, 0.4) is 0 Å². The van der Waals surface area contributed by atoms with E-state index < -0.39 is 5.60 Å². The minimum absolute atomic E-state index is 0.0747. The van der Waals surface area contributed by atoms with Gasteiger partial charge in [0.05, 0.1) is 22.4 Å². The maximum Gasteiger partial charge on any atom is 0.410 e. The molecule has 22 heavy (non-hydrogen) atoms. The molecule has 1 aromatic heterocycles. The van der Waals surface area contributed by atoms with Crippen LogP contribution in [0.5, 0.6) is 0 Å². The highest BCUT2D eigenvalue weighted by Crippen LogP contribution is 2.33. The summed E-state index contributed by atoms with van der Waals surface area (Å²) >= 11 is 3.51. The summed E-state index contributed by atoms with van der Waals surface area (Å²) in [5.74, 6) is 5.97. The van der Waals surface area contributed by atoms with E-state index in [2.05, 4.69) is 26.5 Å². The predicted molar refractivity (Wildman–Crippen MR) is 86.9 cm³/mol. The molecule has 2 heterocycles. The van der Waals surface area contributed by atoms with E-state index in [1.54, 1.807) is 15.8 Å². The molecule has 0 aromatic carbocycles. The topological polar surface area (TPSA) is 85.4 Å². The Morgan fingerprint density at radius 3 is 2.77 bits per heavy atom. The van der Waals surface area contributed by atoms with Crippen LogP contribution in [0.15, 0.2) is 10.7 Å². The normalized spacial score (nSPS) is 20.3. The number of likely N-dealkylation sites (tertiary alicyclic amines) is 1. The molecule has 0 bridgehead atoms. The Labute approximate surface area is 139 Å². The molecule has 1 saturated heterocycles. The molecule has 0 saturated carbocycles. The number of nitrogens with one attached hydrogen (secondary N) is 1. The molecular formula is C14H24BrN5O2. The van der Waals surface area contributed by atoms with Gasteiger partial charge in [0, 0.05) is 26.1 Å². The van der Waals surface area contributed by atoms with Crippen molar-refractivity contribution in [3.63, 3.8) is 0 Å². The van der Waals surface area contributed by atoms with Gasteiger partial charge in [-0.25, -0.2) is 4.79 Å². The average molecular weight is 374 g/mol. The molecule has 2 atom stereocenters. The lowest BCUT2D eigenvalue weighted by Gasteiger charge is -2.26. The largest absolute Gasteiger partial charge is 0.444 e. The highest BCUT2D eigenvalue weighted by atomic mass is 79.9. The second-order valence-corrected chi connectivity index (χ2v) is 7.48. The fraction of sp³-hybridized carbons (Fsp3) is 0.714. The quantitative estimate of drug-likeness (QED) is 0.624. The molecule has 2 rings (SSSR count). The van der Waals surface area contributed by atoms with Gasteiger partial charge in [-0.2, -0.15) is 5.10 Å². The van der Waals surface area contributed by atoms with Crippen LogP contribution in [0.1, 0.15) is 38.9 Å². The molecule has 8 heteroatoms. The number of aryl methyl sites for hydroxylation is 1. The highest BCUT2D eigenvalue weighted by Gasteiger charge is 2.36. The van der Waals surface area contributed by atoms with E-state index in [-0.39, 0.29) is 18.1 Å². The second-order valence-electron chi connectivity index (χ2n) is 6.62. The maximum atomic E-state index is 12.2. The Morgan fingerprint density at radius 2 is 2.27 bits per heavy atom. The molecule has 2 unspecified atom stereocenters. The lowest BCUT2D eigenvalue weighted by molar-refractivity contribution is 0.0285. The van der Waals surface area contributed by atoms with Crippen LogP contribution in [0.25, 0.3) is 0 Å².